The number of nitrogens with zero attached hydrogens (tertiary/aromatic N) is 1. The minimum atomic E-state index is -4.84. The third-order valence-electron chi connectivity index (χ3n) is 2.96. The highest BCUT2D eigenvalue weighted by molar-refractivity contribution is 5.68. The van der Waals surface area contributed by atoms with Crippen LogP contribution in [0.2, 0.25) is 0 Å². The second-order valence-electron chi connectivity index (χ2n) is 6.27. The van der Waals surface area contributed by atoms with Gasteiger partial charge in [0, 0.05) is 11.8 Å². The Labute approximate surface area is 142 Å². The molecule has 0 bridgehead atoms. The number of carbonyl (C=O) groups is 1. The van der Waals surface area contributed by atoms with Crippen molar-refractivity contribution in [3.05, 3.63) is 39.9 Å². The average molecular weight is 364 g/mol. The van der Waals surface area contributed by atoms with E-state index >= 15 is 0 Å². The molecule has 1 rings (SSSR count). The molecule has 0 aromatic heterocycles. The summed E-state index contributed by atoms with van der Waals surface area (Å²) in [6.45, 7) is 6.15. The fraction of sp³-hybridized carbons (Fsp3) is 0.533. The quantitative estimate of drug-likeness (QED) is 0.634. The maximum absolute atomic E-state index is 12.2. The van der Waals surface area contributed by atoms with Crippen LogP contribution in [-0.2, 0) is 4.74 Å². The molecule has 1 aromatic rings. The SMILES string of the molecule is C[C@@H]([C@H](NC(=O)OC(C)(C)C)c1ccc(OC(F)(F)F)cc1)[N+](=O)[O-]. The first-order valence-electron chi connectivity index (χ1n) is 7.27. The van der Waals surface area contributed by atoms with Crippen LogP contribution in [0.3, 0.4) is 0 Å². The molecule has 1 aromatic carbocycles. The number of alkyl halides is 3. The number of hydrogen-bond donors (Lipinski definition) is 1. The van der Waals surface area contributed by atoms with E-state index in [1.165, 1.54) is 19.1 Å². The zero-order valence-corrected chi connectivity index (χ0v) is 14.1. The lowest BCUT2D eigenvalue weighted by Crippen LogP contribution is -2.41. The number of carbonyl (C=O) groups excluding carboxylic acids is 1. The predicted octanol–water partition coefficient (Wildman–Crippen LogP) is 3.82. The fourth-order valence-corrected chi connectivity index (χ4v) is 1.92. The van der Waals surface area contributed by atoms with E-state index in [2.05, 4.69) is 10.1 Å². The van der Waals surface area contributed by atoms with Gasteiger partial charge in [-0.2, -0.15) is 0 Å². The Kier molecular flexibility index (Phi) is 6.22. The maximum Gasteiger partial charge on any atom is 0.573 e. The van der Waals surface area contributed by atoms with Gasteiger partial charge in [-0.15, -0.1) is 13.2 Å². The van der Waals surface area contributed by atoms with Crippen LogP contribution in [-0.4, -0.2) is 29.0 Å². The number of nitrogens with one attached hydrogen (secondary N) is 1. The van der Waals surface area contributed by atoms with Gasteiger partial charge in [0.2, 0.25) is 6.04 Å². The first-order chi connectivity index (χ1) is 11.3. The van der Waals surface area contributed by atoms with Crippen LogP contribution >= 0.6 is 0 Å². The van der Waals surface area contributed by atoms with Crippen LogP contribution in [0.25, 0.3) is 0 Å². The molecule has 0 aliphatic carbocycles. The third-order valence-corrected chi connectivity index (χ3v) is 2.96. The molecule has 0 saturated heterocycles. The zero-order valence-electron chi connectivity index (χ0n) is 14.1. The van der Waals surface area contributed by atoms with Gasteiger partial charge >= 0.3 is 12.5 Å². The topological polar surface area (TPSA) is 90.7 Å². The lowest BCUT2D eigenvalue weighted by molar-refractivity contribution is -0.523. The van der Waals surface area contributed by atoms with E-state index in [9.17, 15) is 28.1 Å². The number of hydrogen-bond acceptors (Lipinski definition) is 5. The molecule has 2 atom stereocenters. The highest BCUT2D eigenvalue weighted by atomic mass is 19.4. The van der Waals surface area contributed by atoms with Crippen molar-refractivity contribution in [1.82, 2.24) is 5.32 Å². The summed E-state index contributed by atoms with van der Waals surface area (Å²) < 4.78 is 45.3. The number of ether oxygens (including phenoxy) is 2. The summed E-state index contributed by atoms with van der Waals surface area (Å²) in [5, 5.41) is 13.4. The molecule has 25 heavy (non-hydrogen) atoms. The van der Waals surface area contributed by atoms with E-state index in [4.69, 9.17) is 4.74 Å². The molecule has 0 fully saturated rings. The molecule has 140 valence electrons. The minimum Gasteiger partial charge on any atom is -0.444 e. The molecule has 7 nitrogen and oxygen atoms in total. The van der Waals surface area contributed by atoms with Crippen molar-refractivity contribution in [2.45, 2.75) is 51.7 Å². The van der Waals surface area contributed by atoms with Crippen molar-refractivity contribution < 1.29 is 32.4 Å². The van der Waals surface area contributed by atoms with Gasteiger partial charge < -0.3 is 14.8 Å². The molecule has 0 aliphatic rings. The number of amides is 1. The van der Waals surface area contributed by atoms with Gasteiger partial charge in [-0.05, 0) is 38.5 Å². The Morgan fingerprint density at radius 3 is 2.12 bits per heavy atom. The second kappa shape index (κ2) is 7.58. The highest BCUT2D eigenvalue weighted by Crippen LogP contribution is 2.26. The van der Waals surface area contributed by atoms with Gasteiger partial charge in [0.25, 0.3) is 0 Å². The Bertz CT molecular complexity index is 611. The summed E-state index contributed by atoms with van der Waals surface area (Å²) in [6.07, 6.45) is -5.72. The van der Waals surface area contributed by atoms with Crippen LogP contribution in [0.1, 0.15) is 39.3 Å². The van der Waals surface area contributed by atoms with Crippen molar-refractivity contribution >= 4 is 6.09 Å². The van der Waals surface area contributed by atoms with Crippen molar-refractivity contribution in [3.63, 3.8) is 0 Å². The Hall–Kier alpha value is -2.52. The normalized spacial score (nSPS) is 14.4. The lowest BCUT2D eigenvalue weighted by Gasteiger charge is -2.24. The van der Waals surface area contributed by atoms with Crippen LogP contribution < -0.4 is 10.1 Å². The number of nitro groups is 1. The molecule has 0 saturated carbocycles. The first kappa shape index (κ1) is 20.5. The standard InChI is InChI=1S/C15H19F3N2O5/c1-9(20(22)23)12(19-13(21)25-14(2,3)4)10-5-7-11(8-6-10)24-15(16,17)18/h5-9,12H,1-4H3,(H,19,21)/t9-,12-/m0/s1. The van der Waals surface area contributed by atoms with Crippen molar-refractivity contribution in [1.29, 1.82) is 0 Å². The molecule has 0 radical (unpaired) electrons. The molecule has 0 unspecified atom stereocenters. The summed E-state index contributed by atoms with van der Waals surface area (Å²) in [4.78, 5) is 22.4. The van der Waals surface area contributed by atoms with E-state index < -0.39 is 40.8 Å². The number of alkyl carbamates (subject to hydrolysis) is 1. The van der Waals surface area contributed by atoms with Crippen molar-refractivity contribution in [2.24, 2.45) is 0 Å². The van der Waals surface area contributed by atoms with Gasteiger partial charge in [0.15, 0.2) is 0 Å². The fourth-order valence-electron chi connectivity index (χ4n) is 1.92. The second-order valence-corrected chi connectivity index (χ2v) is 6.27. The summed E-state index contributed by atoms with van der Waals surface area (Å²) in [5.74, 6) is -0.471. The molecular weight excluding hydrogens is 345 g/mol. The lowest BCUT2D eigenvalue weighted by atomic mass is 10.0. The molecule has 0 heterocycles. The van der Waals surface area contributed by atoms with Crippen molar-refractivity contribution in [3.8, 4) is 5.75 Å². The van der Waals surface area contributed by atoms with Crippen LogP contribution in [0.15, 0.2) is 24.3 Å². The zero-order chi connectivity index (χ0) is 19.4. The smallest absolute Gasteiger partial charge is 0.444 e. The van der Waals surface area contributed by atoms with Gasteiger partial charge in [0.05, 0.1) is 0 Å². The average Bonchev–Trinajstić information content (AvgIpc) is 2.41. The molecule has 10 heteroatoms. The summed E-state index contributed by atoms with van der Waals surface area (Å²) in [5.41, 5.74) is -0.568. The van der Waals surface area contributed by atoms with Gasteiger partial charge in [-0.25, -0.2) is 4.79 Å². The molecule has 0 spiro atoms. The number of halogens is 3. The van der Waals surface area contributed by atoms with Gasteiger partial charge in [-0.1, -0.05) is 12.1 Å². The van der Waals surface area contributed by atoms with Crippen LogP contribution in [0.4, 0.5) is 18.0 Å². The Balaban J connectivity index is 3.00. The van der Waals surface area contributed by atoms with Gasteiger partial charge in [-0.3, -0.25) is 10.1 Å². The Morgan fingerprint density at radius 2 is 1.72 bits per heavy atom. The minimum absolute atomic E-state index is 0.240. The summed E-state index contributed by atoms with van der Waals surface area (Å²) in [6, 6.07) is 2.12. The van der Waals surface area contributed by atoms with Gasteiger partial charge in [0.1, 0.15) is 17.4 Å². The van der Waals surface area contributed by atoms with E-state index in [1.54, 1.807) is 20.8 Å². The monoisotopic (exact) mass is 364 g/mol. The number of benzene rings is 1. The van der Waals surface area contributed by atoms with Crippen LogP contribution in [0, 0.1) is 10.1 Å². The molecule has 1 N–H and O–H groups in total. The highest BCUT2D eigenvalue weighted by Gasteiger charge is 2.33. The van der Waals surface area contributed by atoms with E-state index in [0.29, 0.717) is 0 Å². The third kappa shape index (κ3) is 7.27. The Morgan fingerprint density at radius 1 is 1.20 bits per heavy atom. The first-order valence-corrected chi connectivity index (χ1v) is 7.27. The van der Waals surface area contributed by atoms with Crippen LogP contribution in [0.5, 0.6) is 5.75 Å². The van der Waals surface area contributed by atoms with E-state index in [-0.39, 0.29) is 5.56 Å². The summed E-state index contributed by atoms with van der Waals surface area (Å²) >= 11 is 0. The molecule has 0 aliphatic heterocycles. The van der Waals surface area contributed by atoms with Crippen molar-refractivity contribution in [2.75, 3.05) is 0 Å². The van der Waals surface area contributed by atoms with E-state index in [1.807, 2.05) is 0 Å². The van der Waals surface area contributed by atoms with E-state index in [0.717, 1.165) is 12.1 Å². The molecular formula is C15H19F3N2O5. The summed E-state index contributed by atoms with van der Waals surface area (Å²) in [7, 11) is 0. The predicted molar refractivity (Wildman–Crippen MR) is 81.7 cm³/mol. The molecule has 1 amide bonds. The number of rotatable bonds is 5. The maximum atomic E-state index is 12.2. The largest absolute Gasteiger partial charge is 0.573 e.